The SMILES string of the molecule is C=C(NC(CC(C)CC)CC(C)CCC/C=C\C=C/C)c1ccc2cc[nH]c2c1. The van der Waals surface area contributed by atoms with Gasteiger partial charge in [-0.25, -0.2) is 0 Å². The van der Waals surface area contributed by atoms with Crippen LogP contribution in [0.1, 0.15) is 71.8 Å². The Labute approximate surface area is 178 Å². The molecule has 1 heterocycles. The maximum absolute atomic E-state index is 4.36. The summed E-state index contributed by atoms with van der Waals surface area (Å²) in [6, 6.07) is 9.13. The van der Waals surface area contributed by atoms with E-state index < -0.39 is 0 Å². The molecule has 158 valence electrons. The summed E-state index contributed by atoms with van der Waals surface area (Å²) in [5.74, 6) is 1.44. The fraction of sp³-hybridized carbons (Fsp3) is 0.481. The van der Waals surface area contributed by atoms with Gasteiger partial charge in [-0.3, -0.25) is 0 Å². The number of hydrogen-bond acceptors (Lipinski definition) is 1. The molecule has 0 saturated heterocycles. The maximum Gasteiger partial charge on any atom is 0.0460 e. The molecular weight excluding hydrogens is 352 g/mol. The van der Waals surface area contributed by atoms with Crippen molar-refractivity contribution in [2.45, 2.75) is 72.3 Å². The van der Waals surface area contributed by atoms with Crippen molar-refractivity contribution in [2.75, 3.05) is 0 Å². The first-order valence-electron chi connectivity index (χ1n) is 11.3. The van der Waals surface area contributed by atoms with E-state index in [4.69, 9.17) is 0 Å². The zero-order chi connectivity index (χ0) is 21.1. The standard InChI is InChI=1S/C27H40N2/c1-6-8-9-10-11-12-13-22(4)19-26(18-21(3)7-2)29-23(5)25-15-14-24-16-17-28-27(24)20-25/h6,8-10,14-17,20-22,26,28-29H,5,7,11-13,18-19H2,1-4H3/b8-6-,10-9-. The number of hydrogen-bond donors (Lipinski definition) is 2. The molecule has 2 aromatic rings. The van der Waals surface area contributed by atoms with E-state index in [0.29, 0.717) is 12.0 Å². The minimum Gasteiger partial charge on any atom is -0.382 e. The van der Waals surface area contributed by atoms with Crippen molar-refractivity contribution in [3.63, 3.8) is 0 Å². The van der Waals surface area contributed by atoms with E-state index >= 15 is 0 Å². The highest BCUT2D eigenvalue weighted by molar-refractivity contribution is 5.83. The zero-order valence-corrected chi connectivity index (χ0v) is 18.9. The molecule has 0 aliphatic carbocycles. The van der Waals surface area contributed by atoms with E-state index in [1.807, 2.05) is 6.20 Å². The van der Waals surface area contributed by atoms with Crippen LogP contribution >= 0.6 is 0 Å². The molecule has 0 aliphatic rings. The maximum atomic E-state index is 4.36. The van der Waals surface area contributed by atoms with Gasteiger partial charge in [-0.15, -0.1) is 0 Å². The van der Waals surface area contributed by atoms with Crippen molar-refractivity contribution in [1.29, 1.82) is 0 Å². The van der Waals surface area contributed by atoms with Gasteiger partial charge < -0.3 is 10.3 Å². The third-order valence-electron chi connectivity index (χ3n) is 5.86. The molecule has 1 aromatic carbocycles. The molecule has 0 amide bonds. The summed E-state index contributed by atoms with van der Waals surface area (Å²) in [5, 5.41) is 5.02. The third-order valence-corrected chi connectivity index (χ3v) is 5.86. The number of rotatable bonds is 13. The number of fused-ring (bicyclic) bond motifs is 1. The van der Waals surface area contributed by atoms with Gasteiger partial charge in [0, 0.05) is 23.5 Å². The van der Waals surface area contributed by atoms with Crippen LogP contribution < -0.4 is 5.32 Å². The number of unbranched alkanes of at least 4 members (excludes halogenated alkanes) is 1. The number of aromatic amines is 1. The molecular formula is C27H40N2. The van der Waals surface area contributed by atoms with Gasteiger partial charge in [0.25, 0.3) is 0 Å². The van der Waals surface area contributed by atoms with Crippen molar-refractivity contribution in [2.24, 2.45) is 11.8 Å². The Bertz CT molecular complexity index is 796. The van der Waals surface area contributed by atoms with Gasteiger partial charge in [-0.05, 0) is 67.5 Å². The van der Waals surface area contributed by atoms with Crippen molar-refractivity contribution >= 4 is 16.6 Å². The third kappa shape index (κ3) is 7.97. The van der Waals surface area contributed by atoms with Crippen LogP contribution in [0.5, 0.6) is 0 Å². The summed E-state index contributed by atoms with van der Waals surface area (Å²) in [6.45, 7) is 13.5. The zero-order valence-electron chi connectivity index (χ0n) is 18.9. The van der Waals surface area contributed by atoms with Crippen LogP contribution in [0.15, 0.2) is 61.3 Å². The first kappa shape index (κ1) is 23.1. The number of allylic oxidation sites excluding steroid dienone is 4. The van der Waals surface area contributed by atoms with Crippen LogP contribution in [-0.4, -0.2) is 11.0 Å². The van der Waals surface area contributed by atoms with Gasteiger partial charge in [-0.2, -0.15) is 0 Å². The van der Waals surface area contributed by atoms with E-state index in [0.717, 1.165) is 11.6 Å². The topological polar surface area (TPSA) is 27.8 Å². The molecule has 29 heavy (non-hydrogen) atoms. The molecule has 2 N–H and O–H groups in total. The van der Waals surface area contributed by atoms with E-state index in [1.165, 1.54) is 55.0 Å². The molecule has 0 radical (unpaired) electrons. The second-order valence-electron chi connectivity index (χ2n) is 8.57. The number of H-pyrrole nitrogens is 1. The monoisotopic (exact) mass is 392 g/mol. The Morgan fingerprint density at radius 1 is 1.14 bits per heavy atom. The predicted molar refractivity (Wildman–Crippen MR) is 130 cm³/mol. The lowest BCUT2D eigenvalue weighted by molar-refractivity contribution is 0.348. The van der Waals surface area contributed by atoms with Crippen LogP contribution in [0, 0.1) is 11.8 Å². The van der Waals surface area contributed by atoms with Crippen molar-refractivity contribution in [1.82, 2.24) is 10.3 Å². The predicted octanol–water partition coefficient (Wildman–Crippen LogP) is 7.86. The second-order valence-corrected chi connectivity index (χ2v) is 8.57. The van der Waals surface area contributed by atoms with Crippen LogP contribution in [0.2, 0.25) is 0 Å². The average molecular weight is 393 g/mol. The fourth-order valence-electron chi connectivity index (χ4n) is 3.91. The molecule has 0 aliphatic heterocycles. The normalized spacial score (nSPS) is 15.2. The van der Waals surface area contributed by atoms with Gasteiger partial charge in [0.1, 0.15) is 0 Å². The summed E-state index contributed by atoms with van der Waals surface area (Å²) in [7, 11) is 0. The van der Waals surface area contributed by atoms with Crippen LogP contribution in [-0.2, 0) is 0 Å². The van der Waals surface area contributed by atoms with E-state index in [-0.39, 0.29) is 0 Å². The molecule has 2 nitrogen and oxygen atoms in total. The average Bonchev–Trinajstić information content (AvgIpc) is 3.18. The highest BCUT2D eigenvalue weighted by Gasteiger charge is 2.17. The Morgan fingerprint density at radius 2 is 1.93 bits per heavy atom. The molecule has 1 aromatic heterocycles. The van der Waals surface area contributed by atoms with Gasteiger partial charge >= 0.3 is 0 Å². The Morgan fingerprint density at radius 3 is 2.69 bits per heavy atom. The summed E-state index contributed by atoms with van der Waals surface area (Å²) < 4.78 is 0. The highest BCUT2D eigenvalue weighted by Crippen LogP contribution is 2.23. The lowest BCUT2D eigenvalue weighted by Crippen LogP contribution is -2.31. The highest BCUT2D eigenvalue weighted by atomic mass is 14.9. The smallest absolute Gasteiger partial charge is 0.0460 e. The quantitative estimate of drug-likeness (QED) is 0.263. The van der Waals surface area contributed by atoms with Gasteiger partial charge in [0.05, 0.1) is 0 Å². The van der Waals surface area contributed by atoms with Crippen molar-refractivity contribution in [3.05, 3.63) is 66.9 Å². The Balaban J connectivity index is 1.92. The van der Waals surface area contributed by atoms with E-state index in [1.54, 1.807) is 0 Å². The molecule has 0 spiro atoms. The number of nitrogens with one attached hydrogen (secondary N) is 2. The van der Waals surface area contributed by atoms with E-state index in [9.17, 15) is 0 Å². The van der Waals surface area contributed by atoms with Crippen LogP contribution in [0.25, 0.3) is 16.6 Å². The molecule has 3 atom stereocenters. The summed E-state index contributed by atoms with van der Waals surface area (Å²) in [4.78, 5) is 3.30. The van der Waals surface area contributed by atoms with Crippen LogP contribution in [0.4, 0.5) is 0 Å². The summed E-state index contributed by atoms with van der Waals surface area (Å²) >= 11 is 0. The number of aromatic nitrogens is 1. The molecule has 0 bridgehead atoms. The summed E-state index contributed by atoms with van der Waals surface area (Å²) in [5.41, 5.74) is 3.38. The van der Waals surface area contributed by atoms with Crippen LogP contribution in [0.3, 0.4) is 0 Å². The molecule has 0 saturated carbocycles. The summed E-state index contributed by atoms with van der Waals surface area (Å²) in [6.07, 6.45) is 17.9. The Kier molecular flexibility index (Phi) is 9.83. The molecule has 2 rings (SSSR count). The van der Waals surface area contributed by atoms with Gasteiger partial charge in [0.2, 0.25) is 0 Å². The second kappa shape index (κ2) is 12.4. The first-order chi connectivity index (χ1) is 14.0. The van der Waals surface area contributed by atoms with E-state index in [2.05, 4.69) is 93.1 Å². The molecule has 0 fully saturated rings. The fourth-order valence-corrected chi connectivity index (χ4v) is 3.91. The number of benzene rings is 1. The van der Waals surface area contributed by atoms with Gasteiger partial charge in [0.15, 0.2) is 0 Å². The van der Waals surface area contributed by atoms with Gasteiger partial charge in [-0.1, -0.05) is 76.6 Å². The first-order valence-corrected chi connectivity index (χ1v) is 11.3. The lowest BCUT2D eigenvalue weighted by atomic mass is 9.89. The minimum absolute atomic E-state index is 0.477. The van der Waals surface area contributed by atoms with Crippen molar-refractivity contribution < 1.29 is 0 Å². The van der Waals surface area contributed by atoms with Crippen molar-refractivity contribution in [3.8, 4) is 0 Å². The largest absolute Gasteiger partial charge is 0.382 e. The Hall–Kier alpha value is -2.22. The lowest BCUT2D eigenvalue weighted by Gasteiger charge is -2.27. The molecule has 2 heteroatoms. The molecule has 3 unspecified atom stereocenters. The minimum atomic E-state index is 0.477.